The SMILES string of the molecule is Cn1cc(-c2nc(C(=O)NC3CCCCCC3CO)cs2)cn1. The number of aliphatic hydroxyl groups excluding tert-OH is 1. The fourth-order valence-electron chi connectivity index (χ4n) is 3.08. The Kier molecular flexibility index (Phi) is 5.07. The molecule has 2 atom stereocenters. The molecule has 7 heteroatoms. The summed E-state index contributed by atoms with van der Waals surface area (Å²) in [5.74, 6) is -0.000352. The van der Waals surface area contributed by atoms with Crippen LogP contribution in [0.15, 0.2) is 17.8 Å². The molecule has 0 radical (unpaired) electrons. The zero-order valence-electron chi connectivity index (χ0n) is 13.2. The maximum absolute atomic E-state index is 12.5. The Morgan fingerprint density at radius 3 is 3.00 bits per heavy atom. The van der Waals surface area contributed by atoms with Gasteiger partial charge in [0.1, 0.15) is 10.7 Å². The monoisotopic (exact) mass is 334 g/mol. The van der Waals surface area contributed by atoms with E-state index in [4.69, 9.17) is 0 Å². The first kappa shape index (κ1) is 16.1. The summed E-state index contributed by atoms with van der Waals surface area (Å²) in [6.45, 7) is 0.128. The molecule has 2 N–H and O–H groups in total. The van der Waals surface area contributed by atoms with Gasteiger partial charge in [0, 0.05) is 42.8 Å². The van der Waals surface area contributed by atoms with Gasteiger partial charge in [-0.1, -0.05) is 19.3 Å². The van der Waals surface area contributed by atoms with Gasteiger partial charge in [-0.05, 0) is 12.8 Å². The minimum absolute atomic E-state index is 0.0403. The molecular formula is C16H22N4O2S. The van der Waals surface area contributed by atoms with Crippen LogP contribution in [0.2, 0.25) is 0 Å². The number of aliphatic hydroxyl groups is 1. The van der Waals surface area contributed by atoms with Crippen molar-refractivity contribution in [2.24, 2.45) is 13.0 Å². The minimum Gasteiger partial charge on any atom is -0.396 e. The summed E-state index contributed by atoms with van der Waals surface area (Å²) in [5, 5.41) is 19.3. The van der Waals surface area contributed by atoms with E-state index >= 15 is 0 Å². The second-order valence-corrected chi connectivity index (χ2v) is 6.96. The van der Waals surface area contributed by atoms with Crippen molar-refractivity contribution in [3.05, 3.63) is 23.5 Å². The van der Waals surface area contributed by atoms with Gasteiger partial charge in [0.15, 0.2) is 0 Å². The summed E-state index contributed by atoms with van der Waals surface area (Å²) in [4.78, 5) is 16.9. The Labute approximate surface area is 139 Å². The second kappa shape index (κ2) is 7.23. The van der Waals surface area contributed by atoms with E-state index in [1.165, 1.54) is 17.8 Å². The number of thiazole rings is 1. The van der Waals surface area contributed by atoms with Crippen molar-refractivity contribution < 1.29 is 9.90 Å². The number of carbonyl (C=O) groups excluding carboxylic acids is 1. The Hall–Kier alpha value is -1.73. The normalized spacial score (nSPS) is 21.8. The van der Waals surface area contributed by atoms with Crippen molar-refractivity contribution in [3.63, 3.8) is 0 Å². The van der Waals surface area contributed by atoms with Crippen molar-refractivity contribution in [3.8, 4) is 10.6 Å². The molecule has 0 bridgehead atoms. The molecule has 6 nitrogen and oxygen atoms in total. The number of carbonyl (C=O) groups is 1. The lowest BCUT2D eigenvalue weighted by Crippen LogP contribution is -2.41. The van der Waals surface area contributed by atoms with Crippen LogP contribution in [0.4, 0.5) is 0 Å². The molecule has 124 valence electrons. The van der Waals surface area contributed by atoms with Gasteiger partial charge >= 0.3 is 0 Å². The van der Waals surface area contributed by atoms with Crippen LogP contribution in [0.25, 0.3) is 10.6 Å². The van der Waals surface area contributed by atoms with E-state index in [-0.39, 0.29) is 24.5 Å². The smallest absolute Gasteiger partial charge is 0.271 e. The van der Waals surface area contributed by atoms with Crippen LogP contribution in [-0.2, 0) is 7.05 Å². The van der Waals surface area contributed by atoms with Crippen molar-refractivity contribution in [1.82, 2.24) is 20.1 Å². The number of nitrogens with zero attached hydrogens (tertiary/aromatic N) is 3. The van der Waals surface area contributed by atoms with E-state index < -0.39 is 0 Å². The van der Waals surface area contributed by atoms with E-state index in [1.807, 2.05) is 13.2 Å². The van der Waals surface area contributed by atoms with E-state index in [2.05, 4.69) is 15.4 Å². The summed E-state index contributed by atoms with van der Waals surface area (Å²) >= 11 is 1.44. The topological polar surface area (TPSA) is 80.0 Å². The van der Waals surface area contributed by atoms with Crippen LogP contribution in [-0.4, -0.2) is 38.4 Å². The third kappa shape index (κ3) is 3.79. The highest BCUT2D eigenvalue weighted by Gasteiger charge is 2.25. The quantitative estimate of drug-likeness (QED) is 0.840. The third-order valence-corrected chi connectivity index (χ3v) is 5.29. The van der Waals surface area contributed by atoms with Gasteiger partial charge < -0.3 is 10.4 Å². The largest absolute Gasteiger partial charge is 0.396 e. The lowest BCUT2D eigenvalue weighted by Gasteiger charge is -2.24. The molecule has 1 saturated carbocycles. The van der Waals surface area contributed by atoms with Gasteiger partial charge in [0.25, 0.3) is 5.91 Å². The van der Waals surface area contributed by atoms with Crippen molar-refractivity contribution >= 4 is 17.2 Å². The Balaban J connectivity index is 1.69. The first-order chi connectivity index (χ1) is 11.2. The molecule has 2 aromatic rings. The lowest BCUT2D eigenvalue weighted by molar-refractivity contribution is 0.0895. The number of amides is 1. The molecule has 1 aliphatic carbocycles. The lowest BCUT2D eigenvalue weighted by atomic mass is 9.95. The molecule has 0 aliphatic heterocycles. The molecule has 2 unspecified atom stereocenters. The van der Waals surface area contributed by atoms with Crippen molar-refractivity contribution in [2.75, 3.05) is 6.61 Å². The summed E-state index contributed by atoms with van der Waals surface area (Å²) in [6, 6.07) is 0.0403. The van der Waals surface area contributed by atoms with Crippen LogP contribution in [0.5, 0.6) is 0 Å². The number of hydrogen-bond acceptors (Lipinski definition) is 5. The molecule has 1 amide bonds. The maximum Gasteiger partial charge on any atom is 0.271 e. The molecule has 3 rings (SSSR count). The van der Waals surface area contributed by atoms with Gasteiger partial charge in [0.2, 0.25) is 0 Å². The number of hydrogen-bond donors (Lipinski definition) is 2. The Bertz CT molecular complexity index is 667. The molecule has 0 aromatic carbocycles. The average molecular weight is 334 g/mol. The van der Waals surface area contributed by atoms with E-state index in [1.54, 1.807) is 16.3 Å². The van der Waals surface area contributed by atoms with Crippen LogP contribution < -0.4 is 5.32 Å². The van der Waals surface area contributed by atoms with Gasteiger partial charge in [-0.2, -0.15) is 5.10 Å². The molecule has 23 heavy (non-hydrogen) atoms. The molecular weight excluding hydrogens is 312 g/mol. The standard InChI is InChI=1S/C16H22N4O2S/c1-20-8-12(7-17-20)16-19-14(10-23-16)15(22)18-13-6-4-2-3-5-11(13)9-21/h7-8,10-11,13,21H,2-6,9H2,1H3,(H,18,22). The Morgan fingerprint density at radius 1 is 1.43 bits per heavy atom. The first-order valence-electron chi connectivity index (χ1n) is 8.03. The van der Waals surface area contributed by atoms with Crippen molar-refractivity contribution in [2.45, 2.75) is 38.1 Å². The predicted molar refractivity (Wildman–Crippen MR) is 89.2 cm³/mol. The minimum atomic E-state index is -0.151. The van der Waals surface area contributed by atoms with E-state index in [0.717, 1.165) is 36.3 Å². The highest BCUT2D eigenvalue weighted by molar-refractivity contribution is 7.13. The van der Waals surface area contributed by atoms with Crippen LogP contribution in [0, 0.1) is 5.92 Å². The zero-order chi connectivity index (χ0) is 16.2. The summed E-state index contributed by atoms with van der Waals surface area (Å²) in [7, 11) is 1.85. The summed E-state index contributed by atoms with van der Waals surface area (Å²) in [5.41, 5.74) is 1.36. The van der Waals surface area contributed by atoms with Gasteiger partial charge in [-0.15, -0.1) is 11.3 Å². The van der Waals surface area contributed by atoms with Gasteiger partial charge in [-0.25, -0.2) is 4.98 Å². The summed E-state index contributed by atoms with van der Waals surface area (Å²) < 4.78 is 1.72. The third-order valence-electron chi connectivity index (χ3n) is 4.40. The number of rotatable bonds is 4. The summed E-state index contributed by atoms with van der Waals surface area (Å²) in [6.07, 6.45) is 8.92. The Morgan fingerprint density at radius 2 is 2.26 bits per heavy atom. The zero-order valence-corrected chi connectivity index (χ0v) is 14.1. The fraction of sp³-hybridized carbons (Fsp3) is 0.562. The highest BCUT2D eigenvalue weighted by atomic mass is 32.1. The van der Waals surface area contributed by atoms with Gasteiger partial charge in [0.05, 0.1) is 6.20 Å². The first-order valence-corrected chi connectivity index (χ1v) is 8.91. The molecule has 2 heterocycles. The van der Waals surface area contributed by atoms with E-state index in [0.29, 0.717) is 5.69 Å². The predicted octanol–water partition coefficient (Wildman–Crippen LogP) is 2.21. The van der Waals surface area contributed by atoms with Gasteiger partial charge in [-0.3, -0.25) is 9.48 Å². The maximum atomic E-state index is 12.5. The number of nitrogens with one attached hydrogen (secondary N) is 1. The highest BCUT2D eigenvalue weighted by Crippen LogP contribution is 2.25. The average Bonchev–Trinajstić information content (AvgIpc) is 3.13. The molecule has 0 spiro atoms. The molecule has 0 saturated heterocycles. The molecule has 1 aliphatic rings. The fourth-order valence-corrected chi connectivity index (χ4v) is 3.85. The molecule has 2 aromatic heterocycles. The number of aryl methyl sites for hydroxylation is 1. The van der Waals surface area contributed by atoms with E-state index in [9.17, 15) is 9.90 Å². The van der Waals surface area contributed by atoms with Crippen LogP contribution in [0.1, 0.15) is 42.6 Å². The van der Waals surface area contributed by atoms with Crippen LogP contribution in [0.3, 0.4) is 0 Å². The van der Waals surface area contributed by atoms with Crippen molar-refractivity contribution in [1.29, 1.82) is 0 Å². The van der Waals surface area contributed by atoms with Crippen LogP contribution >= 0.6 is 11.3 Å². The molecule has 1 fully saturated rings. The second-order valence-electron chi connectivity index (χ2n) is 6.10. The number of aromatic nitrogens is 3.